The number of nitrogens with zero attached hydrogens (tertiary/aromatic N) is 2. The van der Waals surface area contributed by atoms with Gasteiger partial charge in [-0.25, -0.2) is 5.48 Å². The molecule has 2 N–H and O–H groups in total. The van der Waals surface area contributed by atoms with Gasteiger partial charge in [-0.15, -0.1) is 0 Å². The molecule has 1 heterocycles. The molecule has 1 aliphatic rings. The van der Waals surface area contributed by atoms with Crippen molar-refractivity contribution in [2.45, 2.75) is 38.5 Å². The van der Waals surface area contributed by atoms with Crippen LogP contribution in [0.3, 0.4) is 0 Å². The first-order chi connectivity index (χ1) is 16.7. The minimum Gasteiger partial charge on any atom is -0.307 e. The molecule has 0 saturated carbocycles. The van der Waals surface area contributed by atoms with Crippen LogP contribution in [0.5, 0.6) is 0 Å². The maximum Gasteiger partial charge on any atom is 0.276 e. The number of unbranched alkanes of at least 4 members (excludes halogenated alkanes) is 3. The maximum atomic E-state index is 13.3. The van der Waals surface area contributed by atoms with Crippen LogP contribution in [0.2, 0.25) is 0 Å². The van der Waals surface area contributed by atoms with Crippen LogP contribution < -0.4 is 10.4 Å². The molecule has 0 fully saturated rings. The van der Waals surface area contributed by atoms with Crippen LogP contribution in [-0.2, 0) is 11.2 Å². The Kier molecular flexibility index (Phi) is 7.83. The Morgan fingerprint density at radius 1 is 0.941 bits per heavy atom. The summed E-state index contributed by atoms with van der Waals surface area (Å²) in [6.07, 6.45) is 10.5. The number of hydrogen-bond donors (Lipinski definition) is 2. The van der Waals surface area contributed by atoms with Gasteiger partial charge in [-0.1, -0.05) is 55.3 Å². The number of carbonyl (C=O) groups excluding carboxylic acids is 2. The molecule has 1 aliphatic carbocycles. The Morgan fingerprint density at radius 3 is 2.50 bits per heavy atom. The van der Waals surface area contributed by atoms with Crippen molar-refractivity contribution in [2.75, 3.05) is 11.4 Å². The van der Waals surface area contributed by atoms with Gasteiger partial charge in [0.25, 0.3) is 5.91 Å². The summed E-state index contributed by atoms with van der Waals surface area (Å²) in [4.78, 5) is 30.4. The molecule has 1 aromatic heterocycles. The number of rotatable bonds is 10. The topological polar surface area (TPSA) is 82.5 Å². The molecular formula is C28H29N3O3. The molecule has 3 aromatic rings. The zero-order valence-corrected chi connectivity index (χ0v) is 19.1. The second-order valence-electron chi connectivity index (χ2n) is 8.44. The maximum absolute atomic E-state index is 13.3. The monoisotopic (exact) mass is 455 g/mol. The lowest BCUT2D eigenvalue weighted by atomic mass is 10.00. The summed E-state index contributed by atoms with van der Waals surface area (Å²) in [7, 11) is 0. The van der Waals surface area contributed by atoms with E-state index >= 15 is 0 Å². The van der Waals surface area contributed by atoms with Gasteiger partial charge in [-0.3, -0.25) is 19.8 Å². The molecule has 6 heteroatoms. The highest BCUT2D eigenvalue weighted by molar-refractivity contribution is 6.04. The Labute approximate surface area is 199 Å². The van der Waals surface area contributed by atoms with Gasteiger partial charge in [0.1, 0.15) is 5.69 Å². The average molecular weight is 456 g/mol. The number of allylic oxidation sites excluding steroid dienone is 1. The zero-order chi connectivity index (χ0) is 23.8. The first-order valence-electron chi connectivity index (χ1n) is 11.7. The van der Waals surface area contributed by atoms with E-state index in [0.29, 0.717) is 25.1 Å². The number of anilines is 1. The van der Waals surface area contributed by atoms with Gasteiger partial charge in [0, 0.05) is 24.8 Å². The van der Waals surface area contributed by atoms with E-state index in [0.717, 1.165) is 42.5 Å². The van der Waals surface area contributed by atoms with Gasteiger partial charge in [-0.2, -0.15) is 0 Å². The third-order valence-corrected chi connectivity index (χ3v) is 6.08. The lowest BCUT2D eigenvalue weighted by molar-refractivity contribution is -0.129. The van der Waals surface area contributed by atoms with E-state index in [2.05, 4.69) is 47.5 Å². The van der Waals surface area contributed by atoms with Crippen molar-refractivity contribution < 1.29 is 14.8 Å². The molecule has 6 nitrogen and oxygen atoms in total. The molecule has 2 amide bonds. The fraction of sp³-hybridized carbons (Fsp3) is 0.250. The summed E-state index contributed by atoms with van der Waals surface area (Å²) >= 11 is 0. The number of hydrogen-bond acceptors (Lipinski definition) is 4. The minimum absolute atomic E-state index is 0.129. The number of nitrogens with one attached hydrogen (secondary N) is 1. The van der Waals surface area contributed by atoms with Crippen molar-refractivity contribution >= 4 is 23.6 Å². The van der Waals surface area contributed by atoms with E-state index in [-0.39, 0.29) is 11.8 Å². The Bertz CT molecular complexity index is 1160. The number of hydroxylamine groups is 1. The summed E-state index contributed by atoms with van der Waals surface area (Å²) in [5.41, 5.74) is 7.79. The summed E-state index contributed by atoms with van der Waals surface area (Å²) in [5, 5.41) is 8.59. The lowest BCUT2D eigenvalue weighted by Gasteiger charge is -2.23. The fourth-order valence-corrected chi connectivity index (χ4v) is 4.20. The normalized spacial score (nSPS) is 11.8. The first-order valence-corrected chi connectivity index (χ1v) is 11.7. The van der Waals surface area contributed by atoms with Crippen molar-refractivity contribution in [3.63, 3.8) is 0 Å². The lowest BCUT2D eigenvalue weighted by Crippen LogP contribution is -2.32. The zero-order valence-electron chi connectivity index (χ0n) is 19.1. The number of amides is 2. The van der Waals surface area contributed by atoms with Gasteiger partial charge in [0.05, 0.1) is 0 Å². The molecule has 0 saturated heterocycles. The van der Waals surface area contributed by atoms with Gasteiger partial charge < -0.3 is 4.90 Å². The number of pyridine rings is 1. The van der Waals surface area contributed by atoms with E-state index in [4.69, 9.17) is 5.21 Å². The van der Waals surface area contributed by atoms with Gasteiger partial charge in [0.2, 0.25) is 5.91 Å². The van der Waals surface area contributed by atoms with Crippen molar-refractivity contribution in [1.82, 2.24) is 10.5 Å². The number of carbonyl (C=O) groups is 2. The summed E-state index contributed by atoms with van der Waals surface area (Å²) in [6, 6.07) is 20.0. The van der Waals surface area contributed by atoms with Crippen molar-refractivity contribution in [1.29, 1.82) is 0 Å². The van der Waals surface area contributed by atoms with Crippen LogP contribution in [-0.4, -0.2) is 28.6 Å². The molecule has 0 spiro atoms. The largest absolute Gasteiger partial charge is 0.307 e. The fourth-order valence-electron chi connectivity index (χ4n) is 4.20. The van der Waals surface area contributed by atoms with Crippen molar-refractivity contribution in [2.24, 2.45) is 0 Å². The number of aromatic nitrogens is 1. The van der Waals surface area contributed by atoms with Crippen LogP contribution in [0, 0.1) is 0 Å². The Morgan fingerprint density at radius 2 is 1.74 bits per heavy atom. The smallest absolute Gasteiger partial charge is 0.276 e. The Balaban J connectivity index is 1.46. The predicted molar refractivity (Wildman–Crippen MR) is 134 cm³/mol. The second kappa shape index (κ2) is 11.4. The Hall–Kier alpha value is -3.77. The van der Waals surface area contributed by atoms with Crippen molar-refractivity contribution in [3.8, 4) is 11.1 Å². The van der Waals surface area contributed by atoms with E-state index < -0.39 is 0 Å². The van der Waals surface area contributed by atoms with Gasteiger partial charge in [-0.05, 0) is 71.8 Å². The van der Waals surface area contributed by atoms with Crippen LogP contribution >= 0.6 is 0 Å². The standard InChI is InChI=1S/C28H29N3O3/c32-27(30-34)11-3-1-2-6-19-31(28(33)26-10-4-5-18-29-26)25-16-14-22(15-17-25)24-13-12-21-8-7-9-23(21)20-24/h4-5,7,9-10,12-18,20,34H,1-3,6,8,11,19H2,(H,30,32). The molecule has 0 bridgehead atoms. The summed E-state index contributed by atoms with van der Waals surface area (Å²) in [6.45, 7) is 0.560. The predicted octanol–water partition coefficient (Wildman–Crippen LogP) is 5.42. The number of benzene rings is 2. The molecule has 174 valence electrons. The summed E-state index contributed by atoms with van der Waals surface area (Å²) in [5.74, 6) is -0.498. The van der Waals surface area contributed by atoms with E-state index in [1.165, 1.54) is 11.1 Å². The van der Waals surface area contributed by atoms with E-state index in [1.807, 2.05) is 18.2 Å². The SMILES string of the molecule is O=C(CCCCCCN(C(=O)c1ccccn1)c1ccc(-c2ccc3c(c2)C=CC3)cc1)NO. The van der Waals surface area contributed by atoms with Crippen LogP contribution in [0.4, 0.5) is 5.69 Å². The number of fused-ring (bicyclic) bond motifs is 1. The molecule has 0 radical (unpaired) electrons. The van der Waals surface area contributed by atoms with Crippen LogP contribution in [0.25, 0.3) is 17.2 Å². The quantitative estimate of drug-likeness (QED) is 0.243. The molecule has 34 heavy (non-hydrogen) atoms. The third kappa shape index (κ3) is 5.77. The summed E-state index contributed by atoms with van der Waals surface area (Å²) < 4.78 is 0. The molecule has 0 unspecified atom stereocenters. The van der Waals surface area contributed by atoms with E-state index in [1.54, 1.807) is 28.7 Å². The third-order valence-electron chi connectivity index (χ3n) is 6.08. The molecule has 4 rings (SSSR count). The van der Waals surface area contributed by atoms with Gasteiger partial charge in [0.15, 0.2) is 0 Å². The average Bonchev–Trinajstić information content (AvgIpc) is 3.36. The highest BCUT2D eigenvalue weighted by Crippen LogP contribution is 2.29. The van der Waals surface area contributed by atoms with Crippen LogP contribution in [0.1, 0.15) is 53.7 Å². The molecular weight excluding hydrogens is 426 g/mol. The van der Waals surface area contributed by atoms with E-state index in [9.17, 15) is 9.59 Å². The molecule has 0 atom stereocenters. The van der Waals surface area contributed by atoms with Crippen molar-refractivity contribution in [3.05, 3.63) is 89.8 Å². The molecule has 2 aromatic carbocycles. The van der Waals surface area contributed by atoms with Gasteiger partial charge >= 0.3 is 0 Å². The first kappa shape index (κ1) is 23.4. The van der Waals surface area contributed by atoms with Crippen LogP contribution in [0.15, 0.2) is 72.9 Å². The highest BCUT2D eigenvalue weighted by Gasteiger charge is 2.19. The highest BCUT2D eigenvalue weighted by atomic mass is 16.5. The molecule has 0 aliphatic heterocycles. The second-order valence-corrected chi connectivity index (χ2v) is 8.44. The minimum atomic E-state index is -0.369.